The van der Waals surface area contributed by atoms with Crippen molar-refractivity contribution in [2.24, 2.45) is 42.1 Å². The standard InChI is InChI=1S/C52H52Cl4N4O2S/c1-49(2,3)34-21-30(22-35(47(34)61)50(4,5)6)45(29-17-14-13-15-18-29)59-57-42-27-38(53)32(25-40(42)55)33-26-41(56)43(28-39(33)54)58-60-46(44-19-16-20-63-44)31-23-36(51(7,8)9)48(62)37(24-31)52(10,11)12/h13-28H,1-12H3/b59-57+,60-58+. The van der Waals surface area contributed by atoms with Gasteiger partial charge in [-0.15, -0.1) is 31.8 Å². The second-order valence-electron chi connectivity index (χ2n) is 19.8. The summed E-state index contributed by atoms with van der Waals surface area (Å²) in [4.78, 5) is 28.4. The summed E-state index contributed by atoms with van der Waals surface area (Å²) in [6.07, 6.45) is 7.69. The molecule has 326 valence electrons. The highest BCUT2D eigenvalue weighted by Crippen LogP contribution is 2.46. The van der Waals surface area contributed by atoms with Crippen LogP contribution in [0.3, 0.4) is 0 Å². The van der Waals surface area contributed by atoms with Gasteiger partial charge in [0.15, 0.2) is 11.6 Å². The van der Waals surface area contributed by atoms with Crippen molar-refractivity contribution in [1.82, 2.24) is 0 Å². The molecule has 0 amide bonds. The van der Waals surface area contributed by atoms with Crippen LogP contribution in [0.5, 0.6) is 0 Å². The number of ketones is 2. The van der Waals surface area contributed by atoms with Gasteiger partial charge in [0.05, 0.1) is 25.0 Å². The predicted octanol–water partition coefficient (Wildman–Crippen LogP) is 18.1. The molecular formula is C52H52Cl4N4O2S. The van der Waals surface area contributed by atoms with Crippen LogP contribution >= 0.6 is 57.7 Å². The molecule has 0 saturated heterocycles. The summed E-state index contributed by atoms with van der Waals surface area (Å²) in [5, 5.41) is 22.0. The molecule has 4 aromatic rings. The summed E-state index contributed by atoms with van der Waals surface area (Å²) in [5.41, 5.74) is 6.50. The summed E-state index contributed by atoms with van der Waals surface area (Å²) in [5.74, 6) is 0.0644. The Morgan fingerprint density at radius 1 is 0.476 bits per heavy atom. The number of carbonyl (C=O) groups excluding carboxylic acids is 2. The molecule has 0 atom stereocenters. The van der Waals surface area contributed by atoms with E-state index < -0.39 is 21.7 Å². The Morgan fingerprint density at radius 2 is 0.857 bits per heavy atom. The lowest BCUT2D eigenvalue weighted by Gasteiger charge is -2.31. The van der Waals surface area contributed by atoms with Crippen LogP contribution in [-0.4, -0.2) is 11.6 Å². The van der Waals surface area contributed by atoms with Crippen molar-refractivity contribution in [3.8, 4) is 11.1 Å². The maximum absolute atomic E-state index is 13.8. The van der Waals surface area contributed by atoms with E-state index in [4.69, 9.17) is 56.6 Å². The van der Waals surface area contributed by atoms with E-state index in [0.29, 0.717) is 66.2 Å². The van der Waals surface area contributed by atoms with Crippen molar-refractivity contribution >= 4 is 92.1 Å². The van der Waals surface area contributed by atoms with Gasteiger partial charge in [-0.2, -0.15) is 0 Å². The first-order valence-corrected chi connectivity index (χ1v) is 23.0. The maximum Gasteiger partial charge on any atom is 0.186 e. The minimum atomic E-state index is -0.408. The van der Waals surface area contributed by atoms with Gasteiger partial charge in [0.1, 0.15) is 22.8 Å². The zero-order valence-corrected chi connectivity index (χ0v) is 41.6. The first kappa shape index (κ1) is 48.0. The Balaban J connectivity index is 1.40. The molecule has 0 fully saturated rings. The smallest absolute Gasteiger partial charge is 0.186 e. The summed E-state index contributed by atoms with van der Waals surface area (Å²) in [6, 6.07) is 20.3. The molecule has 63 heavy (non-hydrogen) atoms. The normalized spacial score (nSPS) is 15.6. The second kappa shape index (κ2) is 18.2. The van der Waals surface area contributed by atoms with Gasteiger partial charge >= 0.3 is 0 Å². The molecule has 2 aliphatic rings. The van der Waals surface area contributed by atoms with Gasteiger partial charge in [0, 0.05) is 50.1 Å². The van der Waals surface area contributed by atoms with Crippen LogP contribution in [0.25, 0.3) is 22.5 Å². The molecule has 11 heteroatoms. The number of nitrogens with zero attached hydrogens (tertiary/aromatic N) is 4. The molecule has 0 bridgehead atoms. The lowest BCUT2D eigenvalue weighted by atomic mass is 9.71. The van der Waals surface area contributed by atoms with Crippen LogP contribution in [-0.2, 0) is 9.59 Å². The molecular weight excluding hydrogens is 886 g/mol. The number of halogens is 4. The maximum atomic E-state index is 13.8. The van der Waals surface area contributed by atoms with Gasteiger partial charge < -0.3 is 0 Å². The highest BCUT2D eigenvalue weighted by atomic mass is 35.5. The van der Waals surface area contributed by atoms with Crippen LogP contribution in [0.4, 0.5) is 11.4 Å². The molecule has 0 saturated carbocycles. The highest BCUT2D eigenvalue weighted by Gasteiger charge is 2.36. The van der Waals surface area contributed by atoms with Crippen molar-refractivity contribution < 1.29 is 9.59 Å². The summed E-state index contributed by atoms with van der Waals surface area (Å²) < 4.78 is 0. The summed E-state index contributed by atoms with van der Waals surface area (Å²) in [6.45, 7) is 24.4. The monoisotopic (exact) mass is 936 g/mol. The van der Waals surface area contributed by atoms with Crippen molar-refractivity contribution in [3.63, 3.8) is 0 Å². The van der Waals surface area contributed by atoms with Gasteiger partial charge in [-0.25, -0.2) is 0 Å². The fourth-order valence-electron chi connectivity index (χ4n) is 7.15. The summed E-state index contributed by atoms with van der Waals surface area (Å²) >= 11 is 29.3. The van der Waals surface area contributed by atoms with E-state index in [1.807, 2.05) is 155 Å². The van der Waals surface area contributed by atoms with Gasteiger partial charge in [0.25, 0.3) is 0 Å². The molecule has 6 rings (SSSR count). The molecule has 1 aromatic heterocycles. The lowest BCUT2D eigenvalue weighted by Crippen LogP contribution is -2.28. The van der Waals surface area contributed by atoms with Crippen molar-refractivity contribution in [2.45, 2.75) is 83.1 Å². The van der Waals surface area contributed by atoms with E-state index in [0.717, 1.165) is 21.6 Å². The van der Waals surface area contributed by atoms with Crippen LogP contribution in [0.15, 0.2) is 150 Å². The highest BCUT2D eigenvalue weighted by molar-refractivity contribution is 7.11. The predicted molar refractivity (Wildman–Crippen MR) is 266 cm³/mol. The fourth-order valence-corrected chi connectivity index (χ4v) is 8.80. The van der Waals surface area contributed by atoms with Crippen molar-refractivity contribution in [1.29, 1.82) is 0 Å². The number of allylic oxidation sites excluding steroid dienone is 10. The molecule has 2 aliphatic carbocycles. The van der Waals surface area contributed by atoms with Gasteiger partial charge in [0.2, 0.25) is 0 Å². The largest absolute Gasteiger partial charge is 0.289 e. The Bertz CT molecular complexity index is 2690. The Labute approximate surface area is 395 Å². The first-order chi connectivity index (χ1) is 29.3. The van der Waals surface area contributed by atoms with Crippen molar-refractivity contribution in [3.05, 3.63) is 160 Å². The van der Waals surface area contributed by atoms with E-state index in [1.165, 1.54) is 11.3 Å². The second-order valence-corrected chi connectivity index (χ2v) is 22.4. The van der Waals surface area contributed by atoms with Gasteiger partial charge in [-0.05, 0) is 81.7 Å². The Morgan fingerprint density at radius 3 is 1.22 bits per heavy atom. The van der Waals surface area contributed by atoms with Crippen LogP contribution in [0, 0.1) is 21.7 Å². The molecule has 0 N–H and O–H groups in total. The first-order valence-electron chi connectivity index (χ1n) is 20.6. The quantitative estimate of drug-likeness (QED) is 0.173. The molecule has 0 unspecified atom stereocenters. The van der Waals surface area contributed by atoms with E-state index in [2.05, 4.69) is 10.2 Å². The molecule has 1 heterocycles. The van der Waals surface area contributed by atoms with Gasteiger partial charge in [-0.1, -0.05) is 166 Å². The number of carbonyl (C=O) groups is 2. The topological polar surface area (TPSA) is 83.6 Å². The number of thiophene rings is 1. The van der Waals surface area contributed by atoms with Gasteiger partial charge in [-0.3, -0.25) is 9.59 Å². The average molecular weight is 939 g/mol. The van der Waals surface area contributed by atoms with E-state index in [1.54, 1.807) is 24.3 Å². The fraction of sp³-hybridized carbons (Fsp3) is 0.308. The minimum absolute atomic E-state index is 0.0290. The Hall–Kier alpha value is -4.50. The molecule has 3 aromatic carbocycles. The number of rotatable bonds is 7. The van der Waals surface area contributed by atoms with Crippen LogP contribution < -0.4 is 0 Å². The zero-order valence-electron chi connectivity index (χ0n) is 37.8. The van der Waals surface area contributed by atoms with E-state index in [-0.39, 0.29) is 21.6 Å². The van der Waals surface area contributed by atoms with E-state index in [9.17, 15) is 9.59 Å². The molecule has 6 nitrogen and oxygen atoms in total. The third kappa shape index (κ3) is 10.7. The number of hydrogen-bond donors (Lipinski definition) is 0. The molecule has 0 radical (unpaired) electrons. The molecule has 0 aliphatic heterocycles. The lowest BCUT2D eigenvalue weighted by molar-refractivity contribution is -0.114. The Kier molecular flexibility index (Phi) is 13.8. The number of hydrogen-bond acceptors (Lipinski definition) is 7. The SMILES string of the molecule is CC(C)(C)C1=CC(=C(/N=N/c2cc(Cl)c(-c3cc(Cl)c(/N=N/C(=C4C=C(C(C)(C)C)C(=O)C(C(C)(C)C)=C4)c4cccs4)cc3Cl)cc2Cl)c2ccccc2)C=C(C(C)(C)C)C1=O. The third-order valence-corrected chi connectivity index (χ3v) is 12.7. The summed E-state index contributed by atoms with van der Waals surface area (Å²) in [7, 11) is 0. The number of benzene rings is 3. The van der Waals surface area contributed by atoms with E-state index >= 15 is 0 Å². The molecule has 0 spiro atoms. The van der Waals surface area contributed by atoms with Crippen molar-refractivity contribution in [2.75, 3.05) is 0 Å². The van der Waals surface area contributed by atoms with Crippen LogP contribution in [0.2, 0.25) is 20.1 Å². The third-order valence-electron chi connectivity index (χ3n) is 10.6. The zero-order chi connectivity index (χ0) is 46.4. The number of azo groups is 2. The van der Waals surface area contributed by atoms with Crippen LogP contribution in [0.1, 0.15) is 93.5 Å². The average Bonchev–Trinajstić information content (AvgIpc) is 3.71. The number of Topliss-reactive ketones (excluding diaryl/α,β-unsaturated/α-hetero) is 2. The minimum Gasteiger partial charge on any atom is -0.289 e.